The van der Waals surface area contributed by atoms with Gasteiger partial charge in [0.2, 0.25) is 9.05 Å². The van der Waals surface area contributed by atoms with E-state index in [-0.39, 0.29) is 11.5 Å². The number of halogens is 1. The van der Waals surface area contributed by atoms with E-state index in [9.17, 15) is 16.8 Å². The van der Waals surface area contributed by atoms with Crippen LogP contribution in [0.1, 0.15) is 13.3 Å². The molecule has 0 spiro atoms. The average Bonchev–Trinajstić information content (AvgIpc) is 2.28. The Bertz CT molecular complexity index is 462. The maximum atomic E-state index is 11.9. The molecule has 1 heterocycles. The van der Waals surface area contributed by atoms with Gasteiger partial charge in [-0.15, -0.1) is 0 Å². The third-order valence-electron chi connectivity index (χ3n) is 2.84. The van der Waals surface area contributed by atoms with Crippen molar-refractivity contribution in [1.29, 1.82) is 0 Å². The fourth-order valence-electron chi connectivity index (χ4n) is 1.83. The molecule has 1 aliphatic rings. The number of hydrogen-bond donors (Lipinski definition) is 0. The summed E-state index contributed by atoms with van der Waals surface area (Å²) in [6.45, 7) is 2.77. The predicted octanol–water partition coefficient (Wildman–Crippen LogP) is 0.755. The molecule has 1 unspecified atom stereocenters. The minimum atomic E-state index is -3.49. The molecule has 5 nitrogen and oxygen atoms in total. The molecule has 1 fully saturated rings. The van der Waals surface area contributed by atoms with E-state index in [0.717, 1.165) is 5.75 Å². The van der Waals surface area contributed by atoms with E-state index in [1.807, 2.05) is 4.90 Å². The molecule has 0 aromatic heterocycles. The fraction of sp³-hybridized carbons (Fsp3) is 1.00. The minimum Gasteiger partial charge on any atom is -0.286 e. The number of nitrogens with zero attached hydrogens (tertiary/aromatic N) is 1. The Morgan fingerprint density at radius 2 is 2.00 bits per heavy atom. The van der Waals surface area contributed by atoms with Crippen LogP contribution in [-0.4, -0.2) is 63.2 Å². The molecular weight excluding hydrogens is 318 g/mol. The Hall–Kier alpha value is 0.500. The van der Waals surface area contributed by atoms with Crippen molar-refractivity contribution in [2.75, 3.05) is 36.1 Å². The zero-order valence-electron chi connectivity index (χ0n) is 10.2. The first-order chi connectivity index (χ1) is 8.26. The molecule has 0 radical (unpaired) electrons. The lowest BCUT2D eigenvalue weighted by molar-refractivity contribution is 0.271. The molecule has 108 valence electrons. The van der Waals surface area contributed by atoms with Crippen LogP contribution in [0.4, 0.5) is 0 Å². The zero-order chi connectivity index (χ0) is 13.8. The predicted molar refractivity (Wildman–Crippen MR) is 76.4 cm³/mol. The SMILES string of the molecule is CCS(=O)(=O)C1CSCCN1CCCS(=O)(=O)Cl. The van der Waals surface area contributed by atoms with Crippen molar-refractivity contribution in [2.24, 2.45) is 0 Å². The molecule has 1 saturated heterocycles. The highest BCUT2D eigenvalue weighted by molar-refractivity contribution is 8.13. The monoisotopic (exact) mass is 335 g/mol. The topological polar surface area (TPSA) is 71.5 Å². The Labute approximate surface area is 118 Å². The molecule has 0 aromatic rings. The van der Waals surface area contributed by atoms with Crippen molar-refractivity contribution < 1.29 is 16.8 Å². The highest BCUT2D eigenvalue weighted by Crippen LogP contribution is 2.21. The van der Waals surface area contributed by atoms with Gasteiger partial charge in [-0.1, -0.05) is 6.92 Å². The second-order valence-corrected chi connectivity index (χ2v) is 10.6. The van der Waals surface area contributed by atoms with Gasteiger partial charge < -0.3 is 0 Å². The summed E-state index contributed by atoms with van der Waals surface area (Å²) in [5, 5.41) is -0.487. The molecule has 0 N–H and O–H groups in total. The maximum Gasteiger partial charge on any atom is 0.232 e. The van der Waals surface area contributed by atoms with E-state index in [2.05, 4.69) is 0 Å². The van der Waals surface area contributed by atoms with Gasteiger partial charge in [-0.05, 0) is 6.42 Å². The van der Waals surface area contributed by atoms with E-state index in [1.54, 1.807) is 18.7 Å². The van der Waals surface area contributed by atoms with Gasteiger partial charge in [0.25, 0.3) is 0 Å². The highest BCUT2D eigenvalue weighted by Gasteiger charge is 2.32. The average molecular weight is 336 g/mol. The van der Waals surface area contributed by atoms with Crippen molar-refractivity contribution in [3.05, 3.63) is 0 Å². The first-order valence-corrected chi connectivity index (χ1v) is 11.1. The van der Waals surface area contributed by atoms with Crippen LogP contribution in [0.2, 0.25) is 0 Å². The van der Waals surface area contributed by atoms with Gasteiger partial charge >= 0.3 is 0 Å². The quantitative estimate of drug-likeness (QED) is 0.667. The number of thioether (sulfide) groups is 1. The lowest BCUT2D eigenvalue weighted by atomic mass is 10.4. The molecule has 0 bridgehead atoms. The van der Waals surface area contributed by atoms with Gasteiger partial charge in [0, 0.05) is 41.0 Å². The Balaban J connectivity index is 2.61. The number of hydrogen-bond acceptors (Lipinski definition) is 6. The van der Waals surface area contributed by atoms with Crippen LogP contribution in [0.3, 0.4) is 0 Å². The summed E-state index contributed by atoms with van der Waals surface area (Å²) in [7, 11) is -1.47. The second-order valence-electron chi connectivity index (χ2n) is 4.11. The lowest BCUT2D eigenvalue weighted by Crippen LogP contribution is -2.48. The van der Waals surface area contributed by atoms with Crippen LogP contribution < -0.4 is 0 Å². The summed E-state index contributed by atoms with van der Waals surface area (Å²) in [6, 6.07) is 0. The largest absolute Gasteiger partial charge is 0.286 e. The smallest absolute Gasteiger partial charge is 0.232 e. The Kier molecular flexibility index (Phi) is 6.24. The number of sulfone groups is 1. The van der Waals surface area contributed by atoms with E-state index < -0.39 is 24.3 Å². The van der Waals surface area contributed by atoms with Crippen molar-refractivity contribution in [3.8, 4) is 0 Å². The van der Waals surface area contributed by atoms with Crippen molar-refractivity contribution in [1.82, 2.24) is 4.90 Å². The van der Waals surface area contributed by atoms with Gasteiger partial charge in [-0.25, -0.2) is 16.8 Å². The zero-order valence-corrected chi connectivity index (χ0v) is 13.4. The molecule has 0 amide bonds. The van der Waals surface area contributed by atoms with Gasteiger partial charge in [-0.3, -0.25) is 4.90 Å². The lowest BCUT2D eigenvalue weighted by Gasteiger charge is -2.34. The summed E-state index contributed by atoms with van der Waals surface area (Å²) >= 11 is 1.62. The summed E-state index contributed by atoms with van der Waals surface area (Å²) in [4.78, 5) is 1.86. The number of rotatable bonds is 6. The molecule has 1 atom stereocenters. The van der Waals surface area contributed by atoms with Crippen LogP contribution in [0.15, 0.2) is 0 Å². The fourth-order valence-corrected chi connectivity index (χ4v) is 5.75. The second kappa shape index (κ2) is 6.78. The van der Waals surface area contributed by atoms with E-state index in [4.69, 9.17) is 10.7 Å². The van der Waals surface area contributed by atoms with E-state index in [0.29, 0.717) is 25.3 Å². The van der Waals surface area contributed by atoms with Gasteiger partial charge in [0.1, 0.15) is 5.37 Å². The first-order valence-electron chi connectivity index (χ1n) is 5.72. The molecular formula is C9H18ClNO4S3. The molecule has 0 aromatic carbocycles. The van der Waals surface area contributed by atoms with E-state index >= 15 is 0 Å². The highest BCUT2D eigenvalue weighted by atomic mass is 35.7. The van der Waals surface area contributed by atoms with Crippen LogP contribution in [0.5, 0.6) is 0 Å². The van der Waals surface area contributed by atoms with Gasteiger partial charge in [0.15, 0.2) is 9.84 Å². The van der Waals surface area contributed by atoms with E-state index in [1.165, 1.54) is 0 Å². The third-order valence-corrected chi connectivity index (χ3v) is 7.41. The summed E-state index contributed by atoms with van der Waals surface area (Å²) in [5.74, 6) is 1.44. The standard InChI is InChI=1S/C9H18ClNO4S3/c1-2-17(12,13)9-8-16-6-5-11(9)4-3-7-18(10,14)15/h9H,2-8H2,1H3. The van der Waals surface area contributed by atoms with Crippen LogP contribution >= 0.6 is 22.4 Å². The van der Waals surface area contributed by atoms with Crippen molar-refractivity contribution >= 4 is 41.3 Å². The summed E-state index contributed by atoms with van der Waals surface area (Å²) in [5.41, 5.74) is 0. The summed E-state index contributed by atoms with van der Waals surface area (Å²) < 4.78 is 45.5. The van der Waals surface area contributed by atoms with Gasteiger partial charge in [0.05, 0.1) is 5.75 Å². The molecule has 1 rings (SSSR count). The Morgan fingerprint density at radius 1 is 1.33 bits per heavy atom. The molecule has 1 aliphatic heterocycles. The molecule has 0 saturated carbocycles. The van der Waals surface area contributed by atoms with Crippen LogP contribution in [0, 0.1) is 0 Å². The van der Waals surface area contributed by atoms with Crippen molar-refractivity contribution in [3.63, 3.8) is 0 Å². The first kappa shape index (κ1) is 16.6. The maximum absolute atomic E-state index is 11.9. The van der Waals surface area contributed by atoms with Crippen molar-refractivity contribution in [2.45, 2.75) is 18.7 Å². The van der Waals surface area contributed by atoms with Crippen LogP contribution in [-0.2, 0) is 18.9 Å². The summed E-state index contributed by atoms with van der Waals surface area (Å²) in [6.07, 6.45) is 0.367. The molecule has 18 heavy (non-hydrogen) atoms. The minimum absolute atomic E-state index is 0.114. The Morgan fingerprint density at radius 3 is 2.56 bits per heavy atom. The normalized spacial score (nSPS) is 23.1. The van der Waals surface area contributed by atoms with Gasteiger partial charge in [-0.2, -0.15) is 11.8 Å². The molecule has 9 heteroatoms. The van der Waals surface area contributed by atoms with Crippen LogP contribution in [0.25, 0.3) is 0 Å². The third kappa shape index (κ3) is 5.24. The molecule has 0 aliphatic carbocycles.